The molecule has 0 spiro atoms. The van der Waals surface area contributed by atoms with Gasteiger partial charge >= 0.3 is 0 Å². The second-order valence-corrected chi connectivity index (χ2v) is 5.99. The Bertz CT molecular complexity index is 737. The highest BCUT2D eigenvalue weighted by atomic mass is 16.2. The molecule has 0 saturated carbocycles. The highest BCUT2D eigenvalue weighted by molar-refractivity contribution is 6.05. The normalized spacial score (nSPS) is 10.4. The molecule has 0 atom stereocenters. The van der Waals surface area contributed by atoms with Gasteiger partial charge in [0.2, 0.25) is 0 Å². The van der Waals surface area contributed by atoms with Crippen LogP contribution in [0.1, 0.15) is 47.1 Å². The van der Waals surface area contributed by atoms with Gasteiger partial charge < -0.3 is 15.5 Å². The quantitative estimate of drug-likeness (QED) is 0.763. The fourth-order valence-electron chi connectivity index (χ4n) is 2.69. The molecule has 26 heavy (non-hydrogen) atoms. The average molecular weight is 353 g/mol. The van der Waals surface area contributed by atoms with E-state index in [1.807, 2.05) is 38.1 Å². The summed E-state index contributed by atoms with van der Waals surface area (Å²) in [5.74, 6) is -0.203. The van der Waals surface area contributed by atoms with Crippen molar-refractivity contribution in [2.24, 2.45) is 0 Å². The van der Waals surface area contributed by atoms with Crippen molar-refractivity contribution in [3.05, 3.63) is 65.2 Å². The van der Waals surface area contributed by atoms with Gasteiger partial charge in [-0.25, -0.2) is 0 Å². The Hall–Kier alpha value is -2.66. The molecular weight excluding hydrogens is 326 g/mol. The number of nitrogens with zero attached hydrogens (tertiary/aromatic N) is 1. The van der Waals surface area contributed by atoms with Crippen molar-refractivity contribution in [1.29, 1.82) is 0 Å². The fourth-order valence-corrected chi connectivity index (χ4v) is 2.69. The summed E-state index contributed by atoms with van der Waals surface area (Å²) in [6.07, 6.45) is 0. The van der Waals surface area contributed by atoms with Gasteiger partial charge in [-0.2, -0.15) is 0 Å². The van der Waals surface area contributed by atoms with E-state index in [9.17, 15) is 9.59 Å². The molecule has 5 nitrogen and oxygen atoms in total. The van der Waals surface area contributed by atoms with Gasteiger partial charge in [-0.1, -0.05) is 19.1 Å². The highest BCUT2D eigenvalue weighted by Gasteiger charge is 2.13. The SMILES string of the molecule is CCNCc1cccc(NC(=O)c2ccc(C(=O)N(CC)CC)cc2)c1. The lowest BCUT2D eigenvalue weighted by atomic mass is 10.1. The van der Waals surface area contributed by atoms with Crippen LogP contribution < -0.4 is 10.6 Å². The molecule has 0 aromatic heterocycles. The monoisotopic (exact) mass is 353 g/mol. The van der Waals surface area contributed by atoms with Crippen LogP contribution in [-0.4, -0.2) is 36.3 Å². The van der Waals surface area contributed by atoms with Gasteiger partial charge in [-0.15, -0.1) is 0 Å². The molecular formula is C21H27N3O2. The number of nitrogens with one attached hydrogen (secondary N) is 2. The Balaban J connectivity index is 2.05. The van der Waals surface area contributed by atoms with Crippen LogP contribution in [-0.2, 0) is 6.54 Å². The molecule has 0 saturated heterocycles. The summed E-state index contributed by atoms with van der Waals surface area (Å²) in [7, 11) is 0. The minimum Gasteiger partial charge on any atom is -0.339 e. The molecule has 0 aliphatic rings. The molecule has 0 fully saturated rings. The zero-order valence-corrected chi connectivity index (χ0v) is 15.7. The van der Waals surface area contributed by atoms with E-state index in [2.05, 4.69) is 17.6 Å². The molecule has 0 heterocycles. The maximum atomic E-state index is 12.4. The molecule has 0 aliphatic heterocycles. The molecule has 2 amide bonds. The van der Waals surface area contributed by atoms with Gasteiger partial charge in [0.05, 0.1) is 0 Å². The smallest absolute Gasteiger partial charge is 0.255 e. The van der Waals surface area contributed by atoms with Gasteiger partial charge in [0.25, 0.3) is 11.8 Å². The maximum absolute atomic E-state index is 12.4. The summed E-state index contributed by atoms with van der Waals surface area (Å²) >= 11 is 0. The standard InChI is InChI=1S/C21H27N3O2/c1-4-22-15-16-8-7-9-19(14-16)23-20(25)17-10-12-18(13-11-17)21(26)24(5-2)6-3/h7-14,22H,4-6,15H2,1-3H3,(H,23,25). The van der Waals surface area contributed by atoms with Crippen LogP contribution in [0, 0.1) is 0 Å². The number of hydrogen-bond acceptors (Lipinski definition) is 3. The number of carbonyl (C=O) groups excluding carboxylic acids is 2. The van der Waals surface area contributed by atoms with Crippen LogP contribution in [0.3, 0.4) is 0 Å². The van der Waals surface area contributed by atoms with Crippen molar-refractivity contribution in [1.82, 2.24) is 10.2 Å². The molecule has 138 valence electrons. The fraction of sp³-hybridized carbons (Fsp3) is 0.333. The molecule has 0 radical (unpaired) electrons. The summed E-state index contributed by atoms with van der Waals surface area (Å²) in [5.41, 5.74) is 2.99. The third-order valence-corrected chi connectivity index (χ3v) is 4.21. The second kappa shape index (κ2) is 9.73. The van der Waals surface area contributed by atoms with E-state index in [0.717, 1.165) is 24.3 Å². The van der Waals surface area contributed by atoms with Crippen molar-refractivity contribution in [3.63, 3.8) is 0 Å². The van der Waals surface area contributed by atoms with Crippen molar-refractivity contribution in [2.75, 3.05) is 25.0 Å². The third kappa shape index (κ3) is 5.17. The summed E-state index contributed by atoms with van der Waals surface area (Å²) in [4.78, 5) is 26.5. The average Bonchev–Trinajstić information content (AvgIpc) is 2.67. The predicted molar refractivity (Wildman–Crippen MR) is 105 cm³/mol. The number of rotatable bonds is 8. The lowest BCUT2D eigenvalue weighted by Crippen LogP contribution is -2.30. The van der Waals surface area contributed by atoms with Crippen LogP contribution in [0.4, 0.5) is 5.69 Å². The van der Waals surface area contributed by atoms with Gasteiger partial charge in [0.15, 0.2) is 0 Å². The van der Waals surface area contributed by atoms with Crippen molar-refractivity contribution < 1.29 is 9.59 Å². The van der Waals surface area contributed by atoms with Gasteiger partial charge in [0, 0.05) is 36.4 Å². The zero-order valence-electron chi connectivity index (χ0n) is 15.7. The third-order valence-electron chi connectivity index (χ3n) is 4.21. The molecule has 0 unspecified atom stereocenters. The maximum Gasteiger partial charge on any atom is 0.255 e. The molecule has 0 aliphatic carbocycles. The van der Waals surface area contributed by atoms with Crippen LogP contribution in [0.2, 0.25) is 0 Å². The molecule has 5 heteroatoms. The van der Waals surface area contributed by atoms with Crippen LogP contribution in [0.15, 0.2) is 48.5 Å². The largest absolute Gasteiger partial charge is 0.339 e. The molecule has 2 rings (SSSR count). The van der Waals surface area contributed by atoms with Crippen LogP contribution in [0.5, 0.6) is 0 Å². The minimum absolute atomic E-state index is 0.0157. The van der Waals surface area contributed by atoms with E-state index < -0.39 is 0 Å². The Kier molecular flexibility index (Phi) is 7.36. The van der Waals surface area contributed by atoms with E-state index in [1.54, 1.807) is 29.2 Å². The second-order valence-electron chi connectivity index (χ2n) is 5.99. The summed E-state index contributed by atoms with van der Waals surface area (Å²) < 4.78 is 0. The van der Waals surface area contributed by atoms with Gasteiger partial charge in [-0.3, -0.25) is 9.59 Å². The van der Waals surface area contributed by atoms with Crippen molar-refractivity contribution >= 4 is 17.5 Å². The molecule has 0 bridgehead atoms. The molecule has 2 N–H and O–H groups in total. The van der Waals surface area contributed by atoms with E-state index in [4.69, 9.17) is 0 Å². The minimum atomic E-state index is -0.188. The zero-order chi connectivity index (χ0) is 18.9. The first-order valence-electron chi connectivity index (χ1n) is 9.09. The lowest BCUT2D eigenvalue weighted by molar-refractivity contribution is 0.0772. The van der Waals surface area contributed by atoms with Gasteiger partial charge in [-0.05, 0) is 62.4 Å². The lowest BCUT2D eigenvalue weighted by Gasteiger charge is -2.18. The first-order valence-corrected chi connectivity index (χ1v) is 9.09. The van der Waals surface area contributed by atoms with Crippen LogP contribution in [0.25, 0.3) is 0 Å². The van der Waals surface area contributed by atoms with E-state index in [-0.39, 0.29) is 11.8 Å². The highest BCUT2D eigenvalue weighted by Crippen LogP contribution is 2.14. The van der Waals surface area contributed by atoms with Crippen LogP contribution >= 0.6 is 0 Å². The van der Waals surface area contributed by atoms with E-state index >= 15 is 0 Å². The number of amides is 2. The number of carbonyl (C=O) groups is 2. The number of benzene rings is 2. The Morgan fingerprint density at radius 2 is 1.58 bits per heavy atom. The Morgan fingerprint density at radius 1 is 0.923 bits per heavy atom. The first-order chi connectivity index (χ1) is 12.6. The molecule has 2 aromatic carbocycles. The number of hydrogen-bond donors (Lipinski definition) is 2. The predicted octanol–water partition coefficient (Wildman–Crippen LogP) is 3.53. The van der Waals surface area contributed by atoms with E-state index in [0.29, 0.717) is 24.2 Å². The van der Waals surface area contributed by atoms with Gasteiger partial charge in [0.1, 0.15) is 0 Å². The summed E-state index contributed by atoms with van der Waals surface area (Å²) in [5, 5.41) is 6.17. The van der Waals surface area contributed by atoms with E-state index in [1.165, 1.54) is 0 Å². The van der Waals surface area contributed by atoms with Crippen molar-refractivity contribution in [3.8, 4) is 0 Å². The Morgan fingerprint density at radius 3 is 2.19 bits per heavy atom. The first kappa shape index (κ1) is 19.7. The topological polar surface area (TPSA) is 61.4 Å². The summed E-state index contributed by atoms with van der Waals surface area (Å²) in [6.45, 7) is 8.96. The summed E-state index contributed by atoms with van der Waals surface area (Å²) in [6, 6.07) is 14.6. The Labute approximate surface area is 155 Å². The number of anilines is 1. The van der Waals surface area contributed by atoms with Crippen molar-refractivity contribution in [2.45, 2.75) is 27.3 Å². The molecule has 2 aromatic rings.